The average Bonchev–Trinajstić information content (AvgIpc) is 3.17. The van der Waals surface area contributed by atoms with Gasteiger partial charge in [-0.2, -0.15) is 0 Å². The molecule has 1 aromatic heterocycles. The second kappa shape index (κ2) is 8.49. The van der Waals surface area contributed by atoms with E-state index in [1.807, 2.05) is 48.2 Å². The van der Waals surface area contributed by atoms with Crippen LogP contribution in [0.2, 0.25) is 5.02 Å². The Kier molecular flexibility index (Phi) is 5.51. The van der Waals surface area contributed by atoms with E-state index in [2.05, 4.69) is 41.5 Å². The Labute approximate surface area is 198 Å². The number of nitrogens with one attached hydrogen (secondary N) is 2. The van der Waals surface area contributed by atoms with E-state index >= 15 is 0 Å². The lowest BCUT2D eigenvalue weighted by molar-refractivity contribution is 0.193. The number of anilines is 1. The molecular weight excluding hydrogens is 434 g/mol. The van der Waals surface area contributed by atoms with E-state index in [0.29, 0.717) is 23.0 Å². The molecule has 1 aliphatic rings. The van der Waals surface area contributed by atoms with Gasteiger partial charge in [0.15, 0.2) is 0 Å². The van der Waals surface area contributed by atoms with Crippen LogP contribution in [-0.2, 0) is 6.42 Å². The van der Waals surface area contributed by atoms with E-state index < -0.39 is 0 Å². The zero-order valence-corrected chi connectivity index (χ0v) is 19.7. The van der Waals surface area contributed by atoms with Gasteiger partial charge in [0.2, 0.25) is 0 Å². The van der Waals surface area contributed by atoms with Crippen LogP contribution in [0.4, 0.5) is 10.5 Å². The molecule has 0 fully saturated rings. The van der Waals surface area contributed by atoms with E-state index in [0.717, 1.165) is 34.1 Å². The number of benzene rings is 3. The maximum atomic E-state index is 13.6. The first-order valence-electron chi connectivity index (χ1n) is 11.0. The summed E-state index contributed by atoms with van der Waals surface area (Å²) < 4.78 is 5.47. The number of hydrogen-bond acceptors (Lipinski definition) is 2. The van der Waals surface area contributed by atoms with Crippen molar-refractivity contribution in [3.63, 3.8) is 0 Å². The zero-order valence-electron chi connectivity index (χ0n) is 18.9. The number of carbonyl (C=O) groups is 1. The molecule has 0 saturated heterocycles. The van der Waals surface area contributed by atoms with Gasteiger partial charge in [0.1, 0.15) is 5.75 Å². The van der Waals surface area contributed by atoms with Gasteiger partial charge in [-0.25, -0.2) is 4.79 Å². The topological polar surface area (TPSA) is 57.4 Å². The number of nitrogens with zero attached hydrogens (tertiary/aromatic N) is 1. The lowest BCUT2D eigenvalue weighted by Gasteiger charge is -2.36. The second-order valence-electron chi connectivity index (χ2n) is 8.60. The van der Waals surface area contributed by atoms with Gasteiger partial charge in [-0.1, -0.05) is 47.5 Å². The molecule has 1 aliphatic heterocycles. The lowest BCUT2D eigenvalue weighted by Crippen LogP contribution is -2.43. The smallest absolute Gasteiger partial charge is 0.322 e. The first-order chi connectivity index (χ1) is 15.9. The minimum absolute atomic E-state index is 0.160. The lowest BCUT2D eigenvalue weighted by atomic mass is 9.92. The summed E-state index contributed by atoms with van der Waals surface area (Å²) in [6.07, 6.45) is 0.746. The number of rotatable bonds is 3. The van der Waals surface area contributed by atoms with Crippen molar-refractivity contribution >= 4 is 34.2 Å². The second-order valence-corrected chi connectivity index (χ2v) is 9.03. The summed E-state index contributed by atoms with van der Waals surface area (Å²) >= 11 is 6.30. The number of H-pyrrole nitrogens is 1. The van der Waals surface area contributed by atoms with Crippen LogP contribution in [0.1, 0.15) is 34.0 Å². The van der Waals surface area contributed by atoms with Crippen molar-refractivity contribution in [2.45, 2.75) is 26.3 Å². The van der Waals surface area contributed by atoms with E-state index in [1.54, 1.807) is 7.11 Å². The molecule has 3 aromatic carbocycles. The predicted molar refractivity (Wildman–Crippen MR) is 133 cm³/mol. The predicted octanol–water partition coefficient (Wildman–Crippen LogP) is 6.63. The number of aryl methyl sites for hydroxylation is 2. The van der Waals surface area contributed by atoms with Crippen LogP contribution in [0.3, 0.4) is 0 Å². The van der Waals surface area contributed by atoms with Gasteiger partial charge in [-0.3, -0.25) is 0 Å². The standard InChI is InChI=1S/C27H26ClN3O2/c1-16-4-7-18(8-5-16)26-25-20(21-15-19(28)9-10-22(21)29-25)12-13-31(26)27(32)30-23-14-17(2)6-11-24(23)33-3/h4-11,14-15,26,29H,12-13H2,1-3H3,(H,30,32)/t26-/m0/s1. The number of urea groups is 1. The molecule has 5 nitrogen and oxygen atoms in total. The molecule has 5 rings (SSSR count). The highest BCUT2D eigenvalue weighted by atomic mass is 35.5. The van der Waals surface area contributed by atoms with Crippen LogP contribution in [0.5, 0.6) is 5.75 Å². The Morgan fingerprint density at radius 3 is 2.58 bits per heavy atom. The summed E-state index contributed by atoms with van der Waals surface area (Å²) in [6.45, 7) is 4.65. The quantitative estimate of drug-likeness (QED) is 0.361. The number of fused-ring (bicyclic) bond motifs is 3. The third-order valence-electron chi connectivity index (χ3n) is 6.34. The number of aromatic nitrogens is 1. The molecule has 0 radical (unpaired) electrons. The van der Waals surface area contributed by atoms with Gasteiger partial charge in [0, 0.05) is 28.2 Å². The first-order valence-corrected chi connectivity index (χ1v) is 11.4. The molecule has 0 saturated carbocycles. The first kappa shape index (κ1) is 21.4. The number of methoxy groups -OCH3 is 1. The van der Waals surface area contributed by atoms with Crippen LogP contribution in [0.15, 0.2) is 60.7 Å². The summed E-state index contributed by atoms with van der Waals surface area (Å²) in [5, 5.41) is 4.92. The Hall–Kier alpha value is -3.44. The van der Waals surface area contributed by atoms with Crippen molar-refractivity contribution in [1.29, 1.82) is 0 Å². The van der Waals surface area contributed by atoms with Gasteiger partial charge < -0.3 is 19.9 Å². The molecule has 6 heteroatoms. The summed E-state index contributed by atoms with van der Waals surface area (Å²) in [6, 6.07) is 19.6. The van der Waals surface area contributed by atoms with Gasteiger partial charge in [-0.05, 0) is 67.3 Å². The molecule has 2 amide bonds. The Balaban J connectivity index is 1.58. The molecule has 0 bridgehead atoms. The minimum atomic E-state index is -0.240. The fraction of sp³-hybridized carbons (Fsp3) is 0.222. The van der Waals surface area contributed by atoms with Crippen molar-refractivity contribution in [2.75, 3.05) is 19.0 Å². The molecule has 4 aromatic rings. The van der Waals surface area contributed by atoms with Gasteiger partial charge in [0.25, 0.3) is 0 Å². The van der Waals surface area contributed by atoms with E-state index in [4.69, 9.17) is 16.3 Å². The summed E-state index contributed by atoms with van der Waals surface area (Å²) in [7, 11) is 1.61. The number of aromatic amines is 1. The van der Waals surface area contributed by atoms with Crippen molar-refractivity contribution in [3.05, 3.63) is 93.6 Å². The molecule has 2 heterocycles. The highest BCUT2D eigenvalue weighted by molar-refractivity contribution is 6.31. The summed E-state index contributed by atoms with van der Waals surface area (Å²) in [5.41, 5.74) is 7.24. The maximum absolute atomic E-state index is 13.6. The normalized spacial score (nSPS) is 15.4. The van der Waals surface area contributed by atoms with Crippen molar-refractivity contribution in [1.82, 2.24) is 9.88 Å². The number of ether oxygens (including phenoxy) is 1. The molecule has 168 valence electrons. The van der Waals surface area contributed by atoms with Crippen LogP contribution in [0, 0.1) is 13.8 Å². The molecule has 0 aliphatic carbocycles. The number of hydrogen-bond donors (Lipinski definition) is 2. The summed E-state index contributed by atoms with van der Waals surface area (Å²) in [4.78, 5) is 19.1. The molecule has 0 unspecified atom stereocenters. The molecule has 0 spiro atoms. The monoisotopic (exact) mass is 459 g/mol. The molecule has 33 heavy (non-hydrogen) atoms. The fourth-order valence-corrected chi connectivity index (χ4v) is 4.85. The van der Waals surface area contributed by atoms with Crippen molar-refractivity contribution in [3.8, 4) is 5.75 Å². The zero-order chi connectivity index (χ0) is 23.1. The highest BCUT2D eigenvalue weighted by Gasteiger charge is 2.35. The maximum Gasteiger partial charge on any atom is 0.322 e. The highest BCUT2D eigenvalue weighted by Crippen LogP contribution is 2.39. The largest absolute Gasteiger partial charge is 0.495 e. The molecule has 2 N–H and O–H groups in total. The third kappa shape index (κ3) is 3.93. The van der Waals surface area contributed by atoms with E-state index in [9.17, 15) is 4.79 Å². The van der Waals surface area contributed by atoms with Crippen LogP contribution in [0.25, 0.3) is 10.9 Å². The van der Waals surface area contributed by atoms with Crippen LogP contribution >= 0.6 is 11.6 Å². The average molecular weight is 460 g/mol. The van der Waals surface area contributed by atoms with Gasteiger partial charge >= 0.3 is 6.03 Å². The van der Waals surface area contributed by atoms with Gasteiger partial charge in [-0.15, -0.1) is 0 Å². The molecular formula is C27H26ClN3O2. The molecule has 1 atom stereocenters. The Morgan fingerprint density at radius 1 is 1.06 bits per heavy atom. The van der Waals surface area contributed by atoms with Crippen LogP contribution < -0.4 is 10.1 Å². The van der Waals surface area contributed by atoms with Crippen molar-refractivity contribution in [2.24, 2.45) is 0 Å². The summed E-state index contributed by atoms with van der Waals surface area (Å²) in [5.74, 6) is 0.638. The Bertz CT molecular complexity index is 1340. The van der Waals surface area contributed by atoms with Gasteiger partial charge in [0.05, 0.1) is 18.8 Å². The number of halogens is 1. The third-order valence-corrected chi connectivity index (χ3v) is 6.57. The number of carbonyl (C=O) groups excluding carboxylic acids is 1. The fourth-order valence-electron chi connectivity index (χ4n) is 4.68. The number of amides is 2. The SMILES string of the molecule is COc1ccc(C)cc1NC(=O)N1CCc2c([nH]c3ccc(Cl)cc23)[C@@H]1c1ccc(C)cc1. The van der Waals surface area contributed by atoms with Crippen LogP contribution in [-0.4, -0.2) is 29.6 Å². The Morgan fingerprint density at radius 2 is 1.82 bits per heavy atom. The van der Waals surface area contributed by atoms with Crippen molar-refractivity contribution < 1.29 is 9.53 Å². The van der Waals surface area contributed by atoms with E-state index in [1.165, 1.54) is 11.1 Å². The van der Waals surface area contributed by atoms with E-state index in [-0.39, 0.29) is 12.1 Å². The minimum Gasteiger partial charge on any atom is -0.495 e.